The van der Waals surface area contributed by atoms with E-state index in [9.17, 15) is 18.8 Å². The Hall–Kier alpha value is -3.53. The first-order chi connectivity index (χ1) is 21.2. The number of fused-ring (bicyclic) bond motifs is 3. The Labute approximate surface area is 265 Å². The van der Waals surface area contributed by atoms with Crippen molar-refractivity contribution < 1.29 is 23.5 Å². The van der Waals surface area contributed by atoms with Gasteiger partial charge in [0.2, 0.25) is 11.8 Å². The number of rotatable bonds is 6. The van der Waals surface area contributed by atoms with Crippen LogP contribution >= 0.6 is 0 Å². The lowest BCUT2D eigenvalue weighted by molar-refractivity contribution is -0.135. The summed E-state index contributed by atoms with van der Waals surface area (Å²) < 4.78 is 19.2. The van der Waals surface area contributed by atoms with Gasteiger partial charge < -0.3 is 19.4 Å². The van der Waals surface area contributed by atoms with Gasteiger partial charge in [-0.25, -0.2) is 9.18 Å². The van der Waals surface area contributed by atoms with E-state index in [0.717, 1.165) is 41.8 Å². The Morgan fingerprint density at radius 2 is 1.82 bits per heavy atom. The third-order valence-electron chi connectivity index (χ3n) is 9.84. The topological polar surface area (TPSA) is 86.3 Å². The highest BCUT2D eigenvalue weighted by atomic mass is 19.1. The molecule has 9 nitrogen and oxygen atoms in total. The fourth-order valence-corrected chi connectivity index (χ4v) is 7.59. The van der Waals surface area contributed by atoms with Crippen LogP contribution in [0.1, 0.15) is 77.6 Å². The monoisotopic (exact) mass is 619 g/mol. The average molecular weight is 620 g/mol. The SMILES string of the molecule is C[C@@H]1CN(CC(=O)N2CC(C)(C)c3ncc(Cc4ccc(F)cc4)cc32)[C@@H](CN2C(=O)[C@@H]3CC[C@H]2C3)CN1C(=O)OC(C)(C)C. The molecule has 0 spiro atoms. The van der Waals surface area contributed by atoms with Gasteiger partial charge in [0.05, 0.1) is 17.9 Å². The standard InChI is InChI=1S/C35H46FN5O4/c1-22-17-38(28(18-39(22)33(44)45-34(2,3)4)19-40-27-12-9-25(15-27)32(40)43)20-30(42)41-21-35(5,6)31-29(41)14-24(16-37-31)13-23-7-10-26(36)11-8-23/h7-8,10-11,14,16,22,25,27-28H,9,12-13,15,17-21H2,1-6H3/t22-,25-,27+,28-/m1/s1. The van der Waals surface area contributed by atoms with Crippen LogP contribution < -0.4 is 4.90 Å². The van der Waals surface area contributed by atoms with Crippen LogP contribution in [0.25, 0.3) is 0 Å². The van der Waals surface area contributed by atoms with Crippen molar-refractivity contribution >= 4 is 23.6 Å². The van der Waals surface area contributed by atoms with Crippen molar-refractivity contribution in [3.63, 3.8) is 0 Å². The van der Waals surface area contributed by atoms with Crippen LogP contribution in [0, 0.1) is 11.7 Å². The molecule has 4 heterocycles. The van der Waals surface area contributed by atoms with E-state index in [1.54, 1.807) is 17.0 Å². The number of hydrogen-bond acceptors (Lipinski definition) is 6. The molecule has 0 N–H and O–H groups in total. The van der Waals surface area contributed by atoms with Crippen LogP contribution in [0.3, 0.4) is 0 Å². The molecule has 4 aliphatic rings. The van der Waals surface area contributed by atoms with Crippen LogP contribution in [0.5, 0.6) is 0 Å². The Bertz CT molecular complexity index is 1470. The fraction of sp³-hybridized carbons (Fsp3) is 0.600. The summed E-state index contributed by atoms with van der Waals surface area (Å²) in [5, 5.41) is 0. The van der Waals surface area contributed by atoms with Crippen molar-refractivity contribution in [1.29, 1.82) is 0 Å². The lowest BCUT2D eigenvalue weighted by Crippen LogP contribution is -2.64. The van der Waals surface area contributed by atoms with E-state index < -0.39 is 5.60 Å². The number of piperidine rings is 1. The minimum Gasteiger partial charge on any atom is -0.444 e. The summed E-state index contributed by atoms with van der Waals surface area (Å²) in [6.07, 6.45) is 4.95. The summed E-state index contributed by atoms with van der Waals surface area (Å²) >= 11 is 0. The van der Waals surface area contributed by atoms with Gasteiger partial charge in [0.15, 0.2) is 0 Å². The molecule has 0 radical (unpaired) electrons. The normalized spacial score (nSPS) is 26.0. The maximum absolute atomic E-state index is 14.2. The predicted molar refractivity (Wildman–Crippen MR) is 169 cm³/mol. The summed E-state index contributed by atoms with van der Waals surface area (Å²) in [6.45, 7) is 13.8. The number of hydrogen-bond donors (Lipinski definition) is 0. The van der Waals surface area contributed by atoms with Crippen molar-refractivity contribution in [2.24, 2.45) is 5.92 Å². The highest BCUT2D eigenvalue weighted by Gasteiger charge is 2.48. The van der Waals surface area contributed by atoms with Gasteiger partial charge in [0.1, 0.15) is 11.4 Å². The van der Waals surface area contributed by atoms with Crippen LogP contribution in [0.15, 0.2) is 36.5 Å². The Kier molecular flexibility index (Phi) is 8.16. The molecule has 3 aliphatic heterocycles. The number of carbonyl (C=O) groups excluding carboxylic acids is 3. The number of benzene rings is 1. The molecule has 242 valence electrons. The number of pyridine rings is 1. The van der Waals surface area contributed by atoms with Gasteiger partial charge >= 0.3 is 6.09 Å². The highest BCUT2D eigenvalue weighted by Crippen LogP contribution is 2.41. The molecular weight excluding hydrogens is 573 g/mol. The number of amides is 3. The number of carbonyl (C=O) groups is 3. The van der Waals surface area contributed by atoms with Gasteiger partial charge in [0.25, 0.3) is 0 Å². The number of nitrogens with zero attached hydrogens (tertiary/aromatic N) is 5. The number of anilines is 1. The highest BCUT2D eigenvalue weighted by molar-refractivity contribution is 5.97. The van der Waals surface area contributed by atoms with E-state index in [4.69, 9.17) is 9.72 Å². The van der Waals surface area contributed by atoms with Gasteiger partial charge in [-0.05, 0) is 82.7 Å². The van der Waals surface area contributed by atoms with Crippen LogP contribution in [-0.4, -0.2) is 94.0 Å². The average Bonchev–Trinajstić information content (AvgIpc) is 3.63. The zero-order valence-electron chi connectivity index (χ0n) is 27.4. The first-order valence-corrected chi connectivity index (χ1v) is 16.3. The number of aromatic nitrogens is 1. The quantitative estimate of drug-likeness (QED) is 0.464. The third kappa shape index (κ3) is 6.44. The molecule has 1 saturated carbocycles. The predicted octanol–water partition coefficient (Wildman–Crippen LogP) is 4.76. The smallest absolute Gasteiger partial charge is 0.410 e. The minimum atomic E-state index is -0.622. The zero-order chi connectivity index (χ0) is 32.3. The number of halogens is 1. The molecule has 3 fully saturated rings. The van der Waals surface area contributed by atoms with E-state index in [1.165, 1.54) is 12.1 Å². The summed E-state index contributed by atoms with van der Waals surface area (Å²) in [5.74, 6) is 0.00897. The number of likely N-dealkylation sites (tertiary alicyclic amines) is 1. The lowest BCUT2D eigenvalue weighted by atomic mass is 9.91. The third-order valence-corrected chi connectivity index (χ3v) is 9.84. The molecule has 3 amide bonds. The first kappa shape index (κ1) is 31.5. The molecule has 1 aliphatic carbocycles. The number of piperazine rings is 1. The van der Waals surface area contributed by atoms with Crippen molar-refractivity contribution in [2.45, 2.75) is 96.4 Å². The molecule has 2 saturated heterocycles. The van der Waals surface area contributed by atoms with E-state index in [-0.39, 0.29) is 59.7 Å². The van der Waals surface area contributed by atoms with E-state index in [1.807, 2.05) is 49.8 Å². The summed E-state index contributed by atoms with van der Waals surface area (Å²) in [5.41, 5.74) is 2.69. The molecule has 45 heavy (non-hydrogen) atoms. The molecule has 1 aromatic heterocycles. The van der Waals surface area contributed by atoms with E-state index in [2.05, 4.69) is 18.7 Å². The van der Waals surface area contributed by atoms with Crippen molar-refractivity contribution in [3.05, 3.63) is 59.2 Å². The second-order valence-electron chi connectivity index (χ2n) is 15.1. The molecule has 6 rings (SSSR count). The second-order valence-corrected chi connectivity index (χ2v) is 15.1. The van der Waals surface area contributed by atoms with Crippen molar-refractivity contribution in [2.75, 3.05) is 37.6 Å². The Morgan fingerprint density at radius 1 is 1.09 bits per heavy atom. The molecule has 0 unspecified atom stereocenters. The Balaban J connectivity index is 1.23. The van der Waals surface area contributed by atoms with Crippen LogP contribution in [-0.2, 0) is 26.2 Å². The molecule has 2 bridgehead atoms. The fourth-order valence-electron chi connectivity index (χ4n) is 7.59. The van der Waals surface area contributed by atoms with Gasteiger partial charge in [-0.15, -0.1) is 0 Å². The summed E-state index contributed by atoms with van der Waals surface area (Å²) in [4.78, 5) is 53.1. The van der Waals surface area contributed by atoms with Crippen molar-refractivity contribution in [3.8, 4) is 0 Å². The molecule has 10 heteroatoms. The maximum Gasteiger partial charge on any atom is 0.410 e. The van der Waals surface area contributed by atoms with E-state index in [0.29, 0.717) is 32.6 Å². The largest absolute Gasteiger partial charge is 0.444 e. The van der Waals surface area contributed by atoms with E-state index >= 15 is 0 Å². The van der Waals surface area contributed by atoms with Crippen LogP contribution in [0.2, 0.25) is 0 Å². The number of ether oxygens (including phenoxy) is 1. The molecule has 4 atom stereocenters. The van der Waals surface area contributed by atoms with Gasteiger partial charge in [-0.1, -0.05) is 26.0 Å². The zero-order valence-corrected chi connectivity index (χ0v) is 27.4. The van der Waals surface area contributed by atoms with Gasteiger partial charge in [-0.3, -0.25) is 19.5 Å². The second kappa shape index (κ2) is 11.7. The molecular formula is C35H46FN5O4. The first-order valence-electron chi connectivity index (χ1n) is 16.3. The van der Waals surface area contributed by atoms with Crippen LogP contribution in [0.4, 0.5) is 14.9 Å². The summed E-state index contributed by atoms with van der Waals surface area (Å²) in [7, 11) is 0. The van der Waals surface area contributed by atoms with Gasteiger partial charge in [-0.2, -0.15) is 0 Å². The molecule has 2 aromatic rings. The maximum atomic E-state index is 14.2. The lowest BCUT2D eigenvalue weighted by Gasteiger charge is -2.47. The van der Waals surface area contributed by atoms with Crippen molar-refractivity contribution in [1.82, 2.24) is 19.7 Å². The van der Waals surface area contributed by atoms with Gasteiger partial charge in [0, 0.05) is 61.8 Å². The summed E-state index contributed by atoms with van der Waals surface area (Å²) in [6, 6.07) is 8.37. The molecule has 1 aromatic carbocycles. The minimum absolute atomic E-state index is 0.0280. The Morgan fingerprint density at radius 3 is 2.49 bits per heavy atom.